The minimum absolute atomic E-state index is 0.442. The molecule has 0 aliphatic heterocycles. The largest absolute Gasteiger partial charge is 0.497 e. The van der Waals surface area contributed by atoms with Crippen molar-refractivity contribution in [3.05, 3.63) is 29.8 Å². The third-order valence-electron chi connectivity index (χ3n) is 4.70. The summed E-state index contributed by atoms with van der Waals surface area (Å²) in [6, 6.07) is 7.63. The van der Waals surface area contributed by atoms with Crippen LogP contribution in [-0.4, -0.2) is 25.3 Å². The van der Waals surface area contributed by atoms with Crippen molar-refractivity contribution in [3.8, 4) is 5.75 Å². The van der Waals surface area contributed by atoms with Crippen LogP contribution >= 0.6 is 0 Å². The highest BCUT2D eigenvalue weighted by atomic mass is 16.5. The number of nitrogens with one attached hydrogen (secondary N) is 1. The highest BCUT2D eigenvalue weighted by Gasteiger charge is 2.17. The summed E-state index contributed by atoms with van der Waals surface area (Å²) >= 11 is 0. The smallest absolute Gasteiger partial charge is 0.118 e. The second-order valence-electron chi connectivity index (χ2n) is 6.41. The van der Waals surface area contributed by atoms with Crippen molar-refractivity contribution in [3.63, 3.8) is 0 Å². The van der Waals surface area contributed by atoms with E-state index in [2.05, 4.69) is 12.2 Å². The minimum atomic E-state index is -0.442. The molecular weight excluding hydrogens is 262 g/mol. The normalized spacial score (nSPS) is 23.8. The van der Waals surface area contributed by atoms with E-state index >= 15 is 0 Å². The molecule has 0 spiro atoms. The van der Waals surface area contributed by atoms with Crippen LogP contribution in [0.1, 0.15) is 50.7 Å². The summed E-state index contributed by atoms with van der Waals surface area (Å²) in [6.07, 6.45) is 6.33. The number of hydrogen-bond acceptors (Lipinski definition) is 3. The van der Waals surface area contributed by atoms with E-state index in [9.17, 15) is 5.11 Å². The second kappa shape index (κ2) is 8.40. The van der Waals surface area contributed by atoms with Crippen LogP contribution in [0.5, 0.6) is 5.75 Å². The molecule has 2 N–H and O–H groups in total. The zero-order chi connectivity index (χ0) is 15.1. The zero-order valence-corrected chi connectivity index (χ0v) is 13.3. The van der Waals surface area contributed by atoms with Gasteiger partial charge in [-0.05, 0) is 42.5 Å². The Morgan fingerprint density at radius 3 is 2.48 bits per heavy atom. The quantitative estimate of drug-likeness (QED) is 0.755. The van der Waals surface area contributed by atoms with Gasteiger partial charge in [0.2, 0.25) is 0 Å². The summed E-state index contributed by atoms with van der Waals surface area (Å²) in [5, 5.41) is 13.5. The van der Waals surface area contributed by atoms with Crippen LogP contribution in [0.15, 0.2) is 24.3 Å². The van der Waals surface area contributed by atoms with Gasteiger partial charge in [0.25, 0.3) is 0 Å². The van der Waals surface area contributed by atoms with Gasteiger partial charge >= 0.3 is 0 Å². The summed E-state index contributed by atoms with van der Waals surface area (Å²) < 4.78 is 5.12. The first-order valence-electron chi connectivity index (χ1n) is 8.21. The van der Waals surface area contributed by atoms with Gasteiger partial charge in [-0.25, -0.2) is 0 Å². The monoisotopic (exact) mass is 291 g/mol. The molecule has 3 nitrogen and oxygen atoms in total. The molecule has 1 aromatic carbocycles. The first kappa shape index (κ1) is 16.3. The van der Waals surface area contributed by atoms with E-state index in [-0.39, 0.29) is 0 Å². The van der Waals surface area contributed by atoms with Crippen LogP contribution in [-0.2, 0) is 0 Å². The average Bonchev–Trinajstić information content (AvgIpc) is 2.53. The summed E-state index contributed by atoms with van der Waals surface area (Å²) in [4.78, 5) is 0. The second-order valence-corrected chi connectivity index (χ2v) is 6.41. The summed E-state index contributed by atoms with van der Waals surface area (Å²) in [7, 11) is 1.65. The van der Waals surface area contributed by atoms with Crippen molar-refractivity contribution >= 4 is 0 Å². The van der Waals surface area contributed by atoms with Crippen LogP contribution in [0.25, 0.3) is 0 Å². The average molecular weight is 291 g/mol. The van der Waals surface area contributed by atoms with Crippen molar-refractivity contribution in [1.29, 1.82) is 0 Å². The van der Waals surface area contributed by atoms with E-state index in [4.69, 9.17) is 4.74 Å². The fourth-order valence-electron chi connectivity index (χ4n) is 3.11. The molecule has 2 rings (SSSR count). The third-order valence-corrected chi connectivity index (χ3v) is 4.70. The standard InChI is InChI=1S/C18H29NO2/c1-14-3-5-15(6-4-14)11-12-19-13-18(20)16-7-9-17(21-2)10-8-16/h7-10,14-15,18-20H,3-6,11-13H2,1-2H3. The molecule has 1 aliphatic rings. The van der Waals surface area contributed by atoms with Crippen LogP contribution < -0.4 is 10.1 Å². The molecule has 21 heavy (non-hydrogen) atoms. The van der Waals surface area contributed by atoms with E-state index in [1.54, 1.807) is 7.11 Å². The molecule has 0 radical (unpaired) electrons. The molecule has 1 saturated carbocycles. The van der Waals surface area contributed by atoms with Gasteiger partial charge in [0.05, 0.1) is 13.2 Å². The van der Waals surface area contributed by atoms with E-state index in [0.717, 1.165) is 29.7 Å². The Labute approximate surface area is 128 Å². The molecule has 1 fully saturated rings. The molecule has 0 aromatic heterocycles. The van der Waals surface area contributed by atoms with Gasteiger partial charge in [-0.1, -0.05) is 44.7 Å². The number of aliphatic hydroxyl groups is 1. The SMILES string of the molecule is COc1ccc(C(O)CNCCC2CCC(C)CC2)cc1. The predicted molar refractivity (Wildman–Crippen MR) is 86.6 cm³/mol. The minimum Gasteiger partial charge on any atom is -0.497 e. The maximum atomic E-state index is 10.2. The summed E-state index contributed by atoms with van der Waals surface area (Å²) in [5.41, 5.74) is 0.940. The van der Waals surface area contributed by atoms with Gasteiger partial charge in [-0.3, -0.25) is 0 Å². The fraction of sp³-hybridized carbons (Fsp3) is 0.667. The lowest BCUT2D eigenvalue weighted by Gasteiger charge is -2.26. The van der Waals surface area contributed by atoms with Gasteiger partial charge in [-0.15, -0.1) is 0 Å². The first-order valence-corrected chi connectivity index (χ1v) is 8.21. The lowest BCUT2D eigenvalue weighted by molar-refractivity contribution is 0.172. The van der Waals surface area contributed by atoms with Crippen molar-refractivity contribution < 1.29 is 9.84 Å². The molecular formula is C18H29NO2. The number of benzene rings is 1. The Balaban J connectivity index is 1.63. The molecule has 1 atom stereocenters. The maximum Gasteiger partial charge on any atom is 0.118 e. The van der Waals surface area contributed by atoms with E-state index < -0.39 is 6.10 Å². The highest BCUT2D eigenvalue weighted by molar-refractivity contribution is 5.28. The molecule has 1 unspecified atom stereocenters. The van der Waals surface area contributed by atoms with Gasteiger partial charge in [-0.2, -0.15) is 0 Å². The Bertz CT molecular complexity index is 396. The van der Waals surface area contributed by atoms with Crippen molar-refractivity contribution in [1.82, 2.24) is 5.32 Å². The Kier molecular flexibility index (Phi) is 6.52. The van der Waals surface area contributed by atoms with E-state index in [1.807, 2.05) is 24.3 Å². The number of methoxy groups -OCH3 is 1. The van der Waals surface area contributed by atoms with Crippen molar-refractivity contribution in [2.75, 3.05) is 20.2 Å². The van der Waals surface area contributed by atoms with Crippen LogP contribution in [0.4, 0.5) is 0 Å². The van der Waals surface area contributed by atoms with Crippen LogP contribution in [0.2, 0.25) is 0 Å². The van der Waals surface area contributed by atoms with Crippen molar-refractivity contribution in [2.45, 2.75) is 45.1 Å². The molecule has 0 heterocycles. The van der Waals surface area contributed by atoms with Gasteiger partial charge in [0, 0.05) is 6.54 Å². The number of ether oxygens (including phenoxy) is 1. The van der Waals surface area contributed by atoms with Gasteiger partial charge in [0.1, 0.15) is 5.75 Å². The first-order chi connectivity index (χ1) is 10.2. The van der Waals surface area contributed by atoms with Crippen LogP contribution in [0, 0.1) is 11.8 Å². The lowest BCUT2D eigenvalue weighted by atomic mass is 9.81. The fourth-order valence-corrected chi connectivity index (χ4v) is 3.11. The lowest BCUT2D eigenvalue weighted by Crippen LogP contribution is -2.25. The molecule has 118 valence electrons. The summed E-state index contributed by atoms with van der Waals surface area (Å²) in [5.74, 6) is 2.63. The van der Waals surface area contributed by atoms with E-state index in [0.29, 0.717) is 6.54 Å². The van der Waals surface area contributed by atoms with Gasteiger partial charge < -0.3 is 15.2 Å². The van der Waals surface area contributed by atoms with E-state index in [1.165, 1.54) is 32.1 Å². The molecule has 1 aliphatic carbocycles. The number of rotatable bonds is 7. The number of aliphatic hydroxyl groups excluding tert-OH is 1. The van der Waals surface area contributed by atoms with Gasteiger partial charge in [0.15, 0.2) is 0 Å². The highest BCUT2D eigenvalue weighted by Crippen LogP contribution is 2.29. The Hall–Kier alpha value is -1.06. The Morgan fingerprint density at radius 1 is 1.19 bits per heavy atom. The molecule has 3 heteroatoms. The summed E-state index contributed by atoms with van der Waals surface area (Å²) in [6.45, 7) is 3.99. The molecule has 0 amide bonds. The molecule has 0 saturated heterocycles. The molecule has 1 aromatic rings. The van der Waals surface area contributed by atoms with Crippen LogP contribution in [0.3, 0.4) is 0 Å². The molecule has 0 bridgehead atoms. The predicted octanol–water partition coefficient (Wildman–Crippen LogP) is 3.53. The maximum absolute atomic E-state index is 10.2. The third kappa shape index (κ3) is 5.33. The van der Waals surface area contributed by atoms with Crippen molar-refractivity contribution in [2.24, 2.45) is 11.8 Å². The topological polar surface area (TPSA) is 41.5 Å². The Morgan fingerprint density at radius 2 is 1.86 bits per heavy atom. The number of hydrogen-bond donors (Lipinski definition) is 2. The zero-order valence-electron chi connectivity index (χ0n) is 13.3.